The highest BCUT2D eigenvalue weighted by atomic mass is 32.1. The number of ether oxygens (including phenoxy) is 1. The number of aryl methyl sites for hydroxylation is 2. The molecule has 6 nitrogen and oxygen atoms in total. The third-order valence-electron chi connectivity index (χ3n) is 3.08. The van der Waals surface area contributed by atoms with Gasteiger partial charge in [0.05, 0.1) is 5.69 Å². The van der Waals surface area contributed by atoms with Crippen LogP contribution in [0.25, 0.3) is 5.82 Å². The predicted molar refractivity (Wildman–Crippen MR) is 82.1 cm³/mol. The molecule has 0 bridgehead atoms. The first-order chi connectivity index (χ1) is 10.6. The van der Waals surface area contributed by atoms with E-state index in [0.717, 1.165) is 15.6 Å². The second-order valence-corrected chi connectivity index (χ2v) is 5.94. The van der Waals surface area contributed by atoms with E-state index in [4.69, 9.17) is 4.74 Å². The summed E-state index contributed by atoms with van der Waals surface area (Å²) in [5.74, 6) is 0.0971. The number of hydrogen-bond donors (Lipinski definition) is 0. The lowest BCUT2D eigenvalue weighted by atomic mass is 10.3. The molecule has 0 saturated carbocycles. The van der Waals surface area contributed by atoms with E-state index in [0.29, 0.717) is 5.82 Å². The van der Waals surface area contributed by atoms with Gasteiger partial charge in [-0.3, -0.25) is 0 Å². The monoisotopic (exact) mass is 314 g/mol. The molecule has 0 fully saturated rings. The largest absolute Gasteiger partial charge is 0.454 e. The van der Waals surface area contributed by atoms with Crippen LogP contribution in [0.15, 0.2) is 36.7 Å². The number of carbonyl (C=O) groups is 1. The Hall–Kier alpha value is -2.54. The van der Waals surface area contributed by atoms with Crippen LogP contribution in [0.3, 0.4) is 0 Å². The molecule has 0 radical (unpaired) electrons. The van der Waals surface area contributed by atoms with Gasteiger partial charge in [-0.05, 0) is 32.0 Å². The van der Waals surface area contributed by atoms with Gasteiger partial charge in [0, 0.05) is 17.3 Å². The molecule has 3 aromatic heterocycles. The van der Waals surface area contributed by atoms with Crippen LogP contribution in [0.4, 0.5) is 0 Å². The summed E-state index contributed by atoms with van der Waals surface area (Å²) < 4.78 is 6.86. The lowest BCUT2D eigenvalue weighted by Gasteiger charge is -2.04. The van der Waals surface area contributed by atoms with Crippen LogP contribution in [-0.2, 0) is 11.3 Å². The molecule has 0 aliphatic carbocycles. The van der Waals surface area contributed by atoms with Gasteiger partial charge in [0.15, 0.2) is 11.5 Å². The van der Waals surface area contributed by atoms with Crippen molar-refractivity contribution >= 4 is 17.3 Å². The fourth-order valence-corrected chi connectivity index (χ4v) is 2.72. The lowest BCUT2D eigenvalue weighted by Crippen LogP contribution is -2.09. The third kappa shape index (κ3) is 3.04. The number of aromatic nitrogens is 4. The topological polar surface area (TPSA) is 69.9 Å². The highest BCUT2D eigenvalue weighted by molar-refractivity contribution is 7.11. The number of thiazole rings is 1. The Morgan fingerprint density at radius 2 is 2.14 bits per heavy atom. The van der Waals surface area contributed by atoms with Gasteiger partial charge >= 0.3 is 5.97 Å². The Balaban J connectivity index is 1.71. The van der Waals surface area contributed by atoms with E-state index < -0.39 is 5.97 Å². The Bertz CT molecular complexity index is 776. The molecule has 0 aromatic carbocycles. The highest BCUT2D eigenvalue weighted by Gasteiger charge is 2.12. The van der Waals surface area contributed by atoms with Gasteiger partial charge in [0.25, 0.3) is 0 Å². The summed E-state index contributed by atoms with van der Waals surface area (Å²) in [7, 11) is 0. The molecule has 3 aromatic rings. The van der Waals surface area contributed by atoms with Gasteiger partial charge < -0.3 is 4.74 Å². The molecule has 22 heavy (non-hydrogen) atoms. The Labute approximate surface area is 131 Å². The van der Waals surface area contributed by atoms with Gasteiger partial charge in [-0.15, -0.1) is 11.3 Å². The van der Waals surface area contributed by atoms with E-state index in [-0.39, 0.29) is 12.3 Å². The second kappa shape index (κ2) is 6.07. The number of nitrogens with zero attached hydrogens (tertiary/aromatic N) is 4. The van der Waals surface area contributed by atoms with Gasteiger partial charge in [-0.25, -0.2) is 19.4 Å². The van der Waals surface area contributed by atoms with E-state index >= 15 is 0 Å². The molecule has 112 valence electrons. The third-order valence-corrected chi connectivity index (χ3v) is 4.13. The van der Waals surface area contributed by atoms with Crippen LogP contribution in [0.1, 0.15) is 26.1 Å². The average Bonchev–Trinajstić information content (AvgIpc) is 3.16. The maximum Gasteiger partial charge on any atom is 0.357 e. The van der Waals surface area contributed by atoms with Crippen molar-refractivity contribution in [1.82, 2.24) is 19.7 Å². The molecule has 7 heteroatoms. The smallest absolute Gasteiger partial charge is 0.357 e. The number of rotatable bonds is 4. The van der Waals surface area contributed by atoms with E-state index in [2.05, 4.69) is 15.1 Å². The van der Waals surface area contributed by atoms with Crippen molar-refractivity contribution in [2.75, 3.05) is 0 Å². The fraction of sp³-hybridized carbons (Fsp3) is 0.200. The summed E-state index contributed by atoms with van der Waals surface area (Å²) in [6.45, 7) is 4.09. The van der Waals surface area contributed by atoms with E-state index in [1.54, 1.807) is 41.3 Å². The maximum absolute atomic E-state index is 12.1. The molecule has 0 spiro atoms. The summed E-state index contributed by atoms with van der Waals surface area (Å²) >= 11 is 1.53. The molecule has 3 rings (SSSR count). The molecule has 0 unspecified atom stereocenters. The van der Waals surface area contributed by atoms with Crippen LogP contribution >= 0.6 is 11.3 Å². The van der Waals surface area contributed by atoms with Crippen molar-refractivity contribution in [3.8, 4) is 5.82 Å². The van der Waals surface area contributed by atoms with Crippen molar-refractivity contribution in [3.05, 3.63) is 57.9 Å². The lowest BCUT2D eigenvalue weighted by molar-refractivity contribution is 0.0465. The van der Waals surface area contributed by atoms with E-state index in [1.165, 1.54) is 11.3 Å². The Morgan fingerprint density at radius 3 is 2.82 bits per heavy atom. The first-order valence-corrected chi connectivity index (χ1v) is 7.52. The van der Waals surface area contributed by atoms with Crippen molar-refractivity contribution in [3.63, 3.8) is 0 Å². The molecule has 3 heterocycles. The first-order valence-electron chi connectivity index (χ1n) is 6.70. The molecule has 0 aliphatic rings. The number of hydrogen-bond acceptors (Lipinski definition) is 6. The quantitative estimate of drug-likeness (QED) is 0.692. The van der Waals surface area contributed by atoms with E-state index in [9.17, 15) is 4.79 Å². The van der Waals surface area contributed by atoms with Crippen molar-refractivity contribution in [1.29, 1.82) is 0 Å². The summed E-state index contributed by atoms with van der Waals surface area (Å²) in [5, 5.41) is 4.87. The highest BCUT2D eigenvalue weighted by Crippen LogP contribution is 2.17. The number of pyridine rings is 1. The number of esters is 1. The standard InChI is InChI=1S/C15H14N4O2S/c1-10-11(2)22-14(17-10)9-21-15(20)12-5-3-6-13(18-12)19-8-4-7-16-19/h3-8H,9H2,1-2H3. The summed E-state index contributed by atoms with van der Waals surface area (Å²) in [6.07, 6.45) is 3.42. The van der Waals surface area contributed by atoms with Crippen molar-refractivity contribution in [2.24, 2.45) is 0 Å². The molecule has 0 saturated heterocycles. The average molecular weight is 314 g/mol. The minimum atomic E-state index is -0.473. The molecular weight excluding hydrogens is 300 g/mol. The van der Waals surface area contributed by atoms with Crippen molar-refractivity contribution < 1.29 is 9.53 Å². The molecule has 0 N–H and O–H groups in total. The zero-order valence-electron chi connectivity index (χ0n) is 12.2. The Morgan fingerprint density at radius 1 is 1.27 bits per heavy atom. The summed E-state index contributed by atoms with van der Waals surface area (Å²) in [5.41, 5.74) is 1.22. The predicted octanol–water partition coefficient (Wildman–Crippen LogP) is 2.70. The SMILES string of the molecule is Cc1nc(COC(=O)c2cccc(-n3cccn3)n2)sc1C. The van der Waals surface area contributed by atoms with Crippen LogP contribution in [0.2, 0.25) is 0 Å². The molecule has 0 atom stereocenters. The normalized spacial score (nSPS) is 10.6. The number of carbonyl (C=O) groups excluding carboxylic acids is 1. The van der Waals surface area contributed by atoms with Gasteiger partial charge in [0.1, 0.15) is 11.6 Å². The zero-order chi connectivity index (χ0) is 15.5. The molecule has 0 amide bonds. The van der Waals surface area contributed by atoms with Crippen molar-refractivity contribution in [2.45, 2.75) is 20.5 Å². The maximum atomic E-state index is 12.1. The van der Waals surface area contributed by atoms with Crippen LogP contribution in [0, 0.1) is 13.8 Å². The minimum absolute atomic E-state index is 0.159. The minimum Gasteiger partial charge on any atom is -0.454 e. The Kier molecular flexibility index (Phi) is 3.97. The van der Waals surface area contributed by atoms with Gasteiger partial charge in [-0.2, -0.15) is 5.10 Å². The van der Waals surface area contributed by atoms with Gasteiger partial charge in [-0.1, -0.05) is 6.07 Å². The first kappa shape index (κ1) is 14.4. The van der Waals surface area contributed by atoms with E-state index in [1.807, 2.05) is 13.8 Å². The molecule has 0 aliphatic heterocycles. The zero-order valence-corrected chi connectivity index (χ0v) is 13.0. The molecular formula is C15H14N4O2S. The van der Waals surface area contributed by atoms with Crippen LogP contribution in [-0.4, -0.2) is 25.7 Å². The second-order valence-electron chi connectivity index (χ2n) is 4.66. The van der Waals surface area contributed by atoms with Crippen LogP contribution < -0.4 is 0 Å². The fourth-order valence-electron chi connectivity index (χ4n) is 1.87. The van der Waals surface area contributed by atoms with Gasteiger partial charge in [0.2, 0.25) is 0 Å². The summed E-state index contributed by atoms with van der Waals surface area (Å²) in [4.78, 5) is 21.8. The van der Waals surface area contributed by atoms with Crippen LogP contribution in [0.5, 0.6) is 0 Å². The summed E-state index contributed by atoms with van der Waals surface area (Å²) in [6, 6.07) is 6.93.